The number of nitrogens with one attached hydrogen (secondary N) is 2. The molecular formula is C18H17N5O. The summed E-state index contributed by atoms with van der Waals surface area (Å²) in [5.74, 6) is 0.367. The molecule has 0 atom stereocenters. The minimum absolute atomic E-state index is 0.163. The highest BCUT2D eigenvalue weighted by atomic mass is 16.1. The molecule has 0 amide bonds. The van der Waals surface area contributed by atoms with Gasteiger partial charge >= 0.3 is 0 Å². The number of rotatable bonds is 4. The summed E-state index contributed by atoms with van der Waals surface area (Å²) < 4.78 is 0. The highest BCUT2D eigenvalue weighted by Gasteiger charge is 2.12. The van der Waals surface area contributed by atoms with Crippen molar-refractivity contribution in [2.75, 3.05) is 11.9 Å². The molecule has 4 N–H and O–H groups in total. The van der Waals surface area contributed by atoms with Gasteiger partial charge in [0.05, 0.1) is 18.5 Å². The number of nitrogens with two attached hydrogens (primary N) is 1. The van der Waals surface area contributed by atoms with Crippen molar-refractivity contribution in [3.8, 4) is 0 Å². The summed E-state index contributed by atoms with van der Waals surface area (Å²) >= 11 is 0. The Morgan fingerprint density at radius 2 is 2.00 bits per heavy atom. The van der Waals surface area contributed by atoms with Gasteiger partial charge in [-0.05, 0) is 18.2 Å². The van der Waals surface area contributed by atoms with Crippen LogP contribution in [-0.2, 0) is 0 Å². The molecule has 2 heterocycles. The molecule has 24 heavy (non-hydrogen) atoms. The zero-order chi connectivity index (χ0) is 16.9. The Morgan fingerprint density at radius 3 is 2.71 bits per heavy atom. The molecule has 6 heteroatoms. The summed E-state index contributed by atoms with van der Waals surface area (Å²) in [4.78, 5) is 22.6. The summed E-state index contributed by atoms with van der Waals surface area (Å²) in [5.41, 5.74) is 9.61. The highest BCUT2D eigenvalue weighted by molar-refractivity contribution is 6.38. The monoisotopic (exact) mass is 319 g/mol. The normalized spacial score (nSPS) is 14.1. The number of nitrogens with zero attached hydrogens (tertiary/aromatic N) is 2. The van der Waals surface area contributed by atoms with Crippen molar-refractivity contribution in [1.82, 2.24) is 4.98 Å². The van der Waals surface area contributed by atoms with E-state index in [1.54, 1.807) is 18.5 Å². The quantitative estimate of drug-likeness (QED) is 0.804. The minimum Gasteiger partial charge on any atom is -0.383 e. The Labute approximate surface area is 139 Å². The van der Waals surface area contributed by atoms with Gasteiger partial charge in [-0.2, -0.15) is 0 Å². The topological polar surface area (TPSA) is 95.6 Å². The molecule has 0 fully saturated rings. The van der Waals surface area contributed by atoms with Crippen molar-refractivity contribution in [3.05, 3.63) is 88.2 Å². The molecule has 0 aliphatic carbocycles. The number of hydrogen-bond acceptors (Lipinski definition) is 5. The minimum atomic E-state index is -0.163. The number of pyridine rings is 1. The van der Waals surface area contributed by atoms with Gasteiger partial charge in [0.1, 0.15) is 5.82 Å². The van der Waals surface area contributed by atoms with Crippen molar-refractivity contribution in [2.24, 2.45) is 15.7 Å². The van der Waals surface area contributed by atoms with E-state index in [4.69, 9.17) is 5.73 Å². The number of para-hydroxylation sites is 1. The molecule has 0 bridgehead atoms. The van der Waals surface area contributed by atoms with Gasteiger partial charge in [-0.1, -0.05) is 24.8 Å². The largest absolute Gasteiger partial charge is 0.383 e. The molecule has 120 valence electrons. The second-order valence-corrected chi connectivity index (χ2v) is 5.23. The Hall–Kier alpha value is -3.41. The fourth-order valence-electron chi connectivity index (χ4n) is 2.25. The number of aromatic nitrogens is 1. The summed E-state index contributed by atoms with van der Waals surface area (Å²) in [6, 6.07) is 12.8. The average Bonchev–Trinajstić information content (AvgIpc) is 2.78. The van der Waals surface area contributed by atoms with E-state index in [9.17, 15) is 4.79 Å². The molecule has 3 rings (SSSR count). The summed E-state index contributed by atoms with van der Waals surface area (Å²) in [7, 11) is 0. The Kier molecular flexibility index (Phi) is 4.38. The van der Waals surface area contributed by atoms with Crippen molar-refractivity contribution in [2.45, 2.75) is 0 Å². The van der Waals surface area contributed by atoms with Crippen LogP contribution in [0.4, 0.5) is 5.69 Å². The molecule has 0 saturated heterocycles. The van der Waals surface area contributed by atoms with Crippen LogP contribution in [-0.4, -0.2) is 23.5 Å². The van der Waals surface area contributed by atoms with Crippen molar-refractivity contribution < 1.29 is 0 Å². The standard InChI is InChI=1S/C18H17N5O/c1-12(23-14-5-3-2-4-6-14)15-10-20-16(11-22-18(15)19)13-7-8-17(24)21-9-13/h2-9,11,23H,1,10,19H2,(H,21,24). The molecule has 6 nitrogen and oxygen atoms in total. The van der Waals surface area contributed by atoms with Crippen LogP contribution in [0.5, 0.6) is 0 Å². The summed E-state index contributed by atoms with van der Waals surface area (Å²) in [6.07, 6.45) is 3.19. The van der Waals surface area contributed by atoms with E-state index in [-0.39, 0.29) is 5.56 Å². The van der Waals surface area contributed by atoms with E-state index in [1.165, 1.54) is 6.07 Å². The third-order valence-corrected chi connectivity index (χ3v) is 3.56. The maximum Gasteiger partial charge on any atom is 0.247 e. The number of hydrogen-bond donors (Lipinski definition) is 3. The van der Waals surface area contributed by atoms with Crippen LogP contribution >= 0.6 is 0 Å². The number of aliphatic imine (C=N–C) groups is 2. The lowest BCUT2D eigenvalue weighted by atomic mass is 10.1. The van der Waals surface area contributed by atoms with Gasteiger partial charge < -0.3 is 16.0 Å². The van der Waals surface area contributed by atoms with E-state index in [0.717, 1.165) is 16.8 Å². The summed E-state index contributed by atoms with van der Waals surface area (Å²) in [6.45, 7) is 4.38. The van der Waals surface area contributed by atoms with Gasteiger partial charge in [0.15, 0.2) is 0 Å². The zero-order valence-electron chi connectivity index (χ0n) is 13.0. The SMILES string of the molecule is C=C(Nc1ccccc1)C1=C(N)N=CC(c2ccc(=O)[nH]c2)=NC1. The van der Waals surface area contributed by atoms with Gasteiger partial charge in [0.2, 0.25) is 5.56 Å². The van der Waals surface area contributed by atoms with Crippen LogP contribution in [0.25, 0.3) is 0 Å². The molecule has 2 aromatic rings. The van der Waals surface area contributed by atoms with Crippen molar-refractivity contribution in [1.29, 1.82) is 0 Å². The van der Waals surface area contributed by atoms with Crippen molar-refractivity contribution in [3.63, 3.8) is 0 Å². The molecular weight excluding hydrogens is 302 g/mol. The lowest BCUT2D eigenvalue weighted by Crippen LogP contribution is -2.10. The Balaban J connectivity index is 1.81. The molecule has 0 spiro atoms. The first kappa shape index (κ1) is 15.5. The van der Waals surface area contributed by atoms with Gasteiger partial charge in [0, 0.05) is 34.8 Å². The maximum absolute atomic E-state index is 11.2. The van der Waals surface area contributed by atoms with Crippen LogP contribution in [0.1, 0.15) is 5.56 Å². The number of H-pyrrole nitrogens is 1. The highest BCUT2D eigenvalue weighted by Crippen LogP contribution is 2.18. The van der Waals surface area contributed by atoms with E-state index in [1.807, 2.05) is 30.3 Å². The third kappa shape index (κ3) is 3.49. The predicted molar refractivity (Wildman–Crippen MR) is 97.4 cm³/mol. The van der Waals surface area contributed by atoms with Gasteiger partial charge in [-0.3, -0.25) is 9.79 Å². The predicted octanol–water partition coefficient (Wildman–Crippen LogP) is 2.04. The second-order valence-electron chi connectivity index (χ2n) is 5.23. The number of aromatic amines is 1. The average molecular weight is 319 g/mol. The van der Waals surface area contributed by atoms with Crippen LogP contribution in [0.3, 0.4) is 0 Å². The molecule has 0 radical (unpaired) electrons. The molecule has 0 unspecified atom stereocenters. The first-order valence-corrected chi connectivity index (χ1v) is 7.41. The Bertz CT molecular complexity index is 886. The Morgan fingerprint density at radius 1 is 1.21 bits per heavy atom. The fourth-order valence-corrected chi connectivity index (χ4v) is 2.25. The molecule has 1 aromatic heterocycles. The fraction of sp³-hybridized carbons (Fsp3) is 0.0556. The van der Waals surface area contributed by atoms with Crippen LogP contribution in [0.15, 0.2) is 87.1 Å². The molecule has 1 aliphatic rings. The zero-order valence-corrected chi connectivity index (χ0v) is 13.0. The molecule has 0 saturated carbocycles. The first-order chi connectivity index (χ1) is 11.6. The van der Waals surface area contributed by atoms with E-state index < -0.39 is 0 Å². The van der Waals surface area contributed by atoms with Gasteiger partial charge in [-0.25, -0.2) is 4.99 Å². The van der Waals surface area contributed by atoms with Crippen LogP contribution in [0, 0.1) is 0 Å². The lowest BCUT2D eigenvalue weighted by Gasteiger charge is -2.12. The van der Waals surface area contributed by atoms with Gasteiger partial charge in [0.25, 0.3) is 0 Å². The second kappa shape index (κ2) is 6.78. The number of benzene rings is 1. The third-order valence-electron chi connectivity index (χ3n) is 3.56. The van der Waals surface area contributed by atoms with Crippen LogP contribution in [0.2, 0.25) is 0 Å². The smallest absolute Gasteiger partial charge is 0.247 e. The van der Waals surface area contributed by atoms with E-state index >= 15 is 0 Å². The number of anilines is 1. The van der Waals surface area contributed by atoms with Crippen molar-refractivity contribution >= 4 is 17.6 Å². The van der Waals surface area contributed by atoms with Crippen LogP contribution < -0.4 is 16.6 Å². The maximum atomic E-state index is 11.2. The molecule has 1 aliphatic heterocycles. The summed E-state index contributed by atoms with van der Waals surface area (Å²) in [5, 5.41) is 3.21. The first-order valence-electron chi connectivity index (χ1n) is 7.41. The van der Waals surface area contributed by atoms with E-state index in [0.29, 0.717) is 23.8 Å². The lowest BCUT2D eigenvalue weighted by molar-refractivity contribution is 1.08. The van der Waals surface area contributed by atoms with Gasteiger partial charge in [-0.15, -0.1) is 0 Å². The molecule has 1 aromatic carbocycles. The van der Waals surface area contributed by atoms with E-state index in [2.05, 4.69) is 26.9 Å².